The molecule has 4 heteroatoms. The zero-order valence-corrected chi connectivity index (χ0v) is 11.0. The number of hydrogen-bond donors (Lipinski definition) is 0. The van der Waals surface area contributed by atoms with Crippen molar-refractivity contribution in [3.63, 3.8) is 0 Å². The molecule has 0 saturated heterocycles. The molecular formula is C15H17NO3. The van der Waals surface area contributed by atoms with Gasteiger partial charge in [0.1, 0.15) is 0 Å². The second-order valence-electron chi connectivity index (χ2n) is 5.35. The van der Waals surface area contributed by atoms with E-state index >= 15 is 0 Å². The van der Waals surface area contributed by atoms with E-state index in [1.807, 2.05) is 6.92 Å². The van der Waals surface area contributed by atoms with E-state index in [0.717, 1.165) is 6.61 Å². The average Bonchev–Trinajstić information content (AvgIpc) is 3.22. The number of benzene rings is 1. The lowest BCUT2D eigenvalue weighted by Gasteiger charge is -2.19. The van der Waals surface area contributed by atoms with E-state index in [0.29, 0.717) is 23.6 Å². The molecule has 4 nitrogen and oxygen atoms in total. The van der Waals surface area contributed by atoms with Gasteiger partial charge in [-0.15, -0.1) is 0 Å². The molecule has 0 radical (unpaired) electrons. The Hall–Kier alpha value is -1.68. The first kappa shape index (κ1) is 12.4. The number of carbonyl (C=O) groups is 2. The molecule has 0 spiro atoms. The minimum Gasteiger partial charge on any atom is -0.376 e. The third kappa shape index (κ3) is 2.40. The van der Waals surface area contributed by atoms with Gasteiger partial charge in [0.2, 0.25) is 0 Å². The number of imide groups is 1. The monoisotopic (exact) mass is 259 g/mol. The quantitative estimate of drug-likeness (QED) is 0.761. The summed E-state index contributed by atoms with van der Waals surface area (Å²) in [6.07, 6.45) is 2.36. The maximum Gasteiger partial charge on any atom is 0.261 e. The first-order valence-electron chi connectivity index (χ1n) is 6.73. The van der Waals surface area contributed by atoms with Crippen molar-refractivity contribution in [2.24, 2.45) is 5.92 Å². The van der Waals surface area contributed by atoms with E-state index < -0.39 is 0 Å². The van der Waals surface area contributed by atoms with Crippen molar-refractivity contribution in [3.05, 3.63) is 35.4 Å². The summed E-state index contributed by atoms with van der Waals surface area (Å²) in [6, 6.07) is 6.96. The van der Waals surface area contributed by atoms with E-state index in [1.54, 1.807) is 24.3 Å². The fourth-order valence-corrected chi connectivity index (χ4v) is 2.30. The maximum absolute atomic E-state index is 12.1. The molecule has 1 fully saturated rings. The molecule has 1 aliphatic heterocycles. The Morgan fingerprint density at radius 2 is 1.79 bits per heavy atom. The Morgan fingerprint density at radius 1 is 1.21 bits per heavy atom. The summed E-state index contributed by atoms with van der Waals surface area (Å²) < 4.78 is 5.68. The zero-order chi connectivity index (χ0) is 13.4. The first-order chi connectivity index (χ1) is 9.16. The average molecular weight is 259 g/mol. The molecule has 0 aromatic heterocycles. The maximum atomic E-state index is 12.1. The fraction of sp³-hybridized carbons (Fsp3) is 0.467. The van der Waals surface area contributed by atoms with Crippen LogP contribution in [-0.2, 0) is 4.74 Å². The van der Waals surface area contributed by atoms with Crippen molar-refractivity contribution in [2.45, 2.75) is 25.9 Å². The first-order valence-corrected chi connectivity index (χ1v) is 6.73. The Kier molecular flexibility index (Phi) is 3.11. The smallest absolute Gasteiger partial charge is 0.261 e. The summed E-state index contributed by atoms with van der Waals surface area (Å²) >= 11 is 0. The van der Waals surface area contributed by atoms with Crippen LogP contribution in [0.5, 0.6) is 0 Å². The third-order valence-corrected chi connectivity index (χ3v) is 3.63. The number of nitrogens with zero attached hydrogens (tertiary/aromatic N) is 1. The molecule has 1 atom stereocenters. The molecule has 1 aromatic carbocycles. The second kappa shape index (κ2) is 4.78. The van der Waals surface area contributed by atoms with Crippen LogP contribution in [-0.4, -0.2) is 36.0 Å². The molecule has 1 saturated carbocycles. The molecule has 100 valence electrons. The standard InChI is InChI=1S/C15H17NO3/c1-10(19-9-11-6-7-11)8-16-14(17)12-4-2-3-5-13(12)15(16)18/h2-5,10-11H,6-9H2,1H3. The molecule has 3 rings (SSSR count). The third-order valence-electron chi connectivity index (χ3n) is 3.63. The molecule has 19 heavy (non-hydrogen) atoms. The van der Waals surface area contributed by atoms with Gasteiger partial charge in [0.15, 0.2) is 0 Å². The van der Waals surface area contributed by atoms with E-state index in [-0.39, 0.29) is 17.9 Å². The molecule has 2 aliphatic rings. The van der Waals surface area contributed by atoms with Crippen molar-refractivity contribution in [3.8, 4) is 0 Å². The molecule has 1 aromatic rings. The van der Waals surface area contributed by atoms with Crippen LogP contribution >= 0.6 is 0 Å². The Morgan fingerprint density at radius 3 is 2.32 bits per heavy atom. The topological polar surface area (TPSA) is 46.6 Å². The largest absolute Gasteiger partial charge is 0.376 e. The molecule has 1 unspecified atom stereocenters. The molecule has 1 aliphatic carbocycles. The molecule has 0 bridgehead atoms. The number of rotatable bonds is 5. The van der Waals surface area contributed by atoms with Crippen molar-refractivity contribution in [2.75, 3.05) is 13.2 Å². The number of amides is 2. The van der Waals surface area contributed by atoms with Crippen molar-refractivity contribution in [1.82, 2.24) is 4.90 Å². The van der Waals surface area contributed by atoms with Gasteiger partial charge in [-0.3, -0.25) is 14.5 Å². The van der Waals surface area contributed by atoms with E-state index in [1.165, 1.54) is 17.7 Å². The predicted octanol–water partition coefficient (Wildman–Crippen LogP) is 2.10. The van der Waals surface area contributed by atoms with Crippen LogP contribution in [0.4, 0.5) is 0 Å². The van der Waals surface area contributed by atoms with Gasteiger partial charge in [0, 0.05) is 6.61 Å². The second-order valence-corrected chi connectivity index (χ2v) is 5.35. The highest BCUT2D eigenvalue weighted by molar-refractivity contribution is 6.21. The fourth-order valence-electron chi connectivity index (χ4n) is 2.30. The molecule has 1 heterocycles. The van der Waals surface area contributed by atoms with Crippen LogP contribution in [0.25, 0.3) is 0 Å². The van der Waals surface area contributed by atoms with Gasteiger partial charge in [-0.1, -0.05) is 12.1 Å². The van der Waals surface area contributed by atoms with Crippen molar-refractivity contribution in [1.29, 1.82) is 0 Å². The summed E-state index contributed by atoms with van der Waals surface area (Å²) in [5.74, 6) is 0.273. The van der Waals surface area contributed by atoms with E-state index in [2.05, 4.69) is 0 Å². The lowest BCUT2D eigenvalue weighted by molar-refractivity contribution is 0.0284. The molecule has 2 amide bonds. The highest BCUT2D eigenvalue weighted by atomic mass is 16.5. The lowest BCUT2D eigenvalue weighted by Crippen LogP contribution is -2.37. The predicted molar refractivity (Wildman–Crippen MR) is 69.9 cm³/mol. The van der Waals surface area contributed by atoms with Crippen LogP contribution in [0.15, 0.2) is 24.3 Å². The molecular weight excluding hydrogens is 242 g/mol. The van der Waals surface area contributed by atoms with E-state index in [9.17, 15) is 9.59 Å². The van der Waals surface area contributed by atoms with E-state index in [4.69, 9.17) is 4.74 Å². The van der Waals surface area contributed by atoms with Crippen LogP contribution in [0.2, 0.25) is 0 Å². The Balaban J connectivity index is 1.65. The van der Waals surface area contributed by atoms with Crippen LogP contribution < -0.4 is 0 Å². The number of ether oxygens (including phenoxy) is 1. The number of hydrogen-bond acceptors (Lipinski definition) is 3. The van der Waals surface area contributed by atoms with Crippen LogP contribution in [0.1, 0.15) is 40.5 Å². The summed E-state index contributed by atoms with van der Waals surface area (Å²) in [5.41, 5.74) is 1.00. The normalized spacial score (nSPS) is 19.7. The number of carbonyl (C=O) groups excluding carboxylic acids is 2. The van der Waals surface area contributed by atoms with Gasteiger partial charge in [0.05, 0.1) is 23.8 Å². The lowest BCUT2D eigenvalue weighted by atomic mass is 10.1. The summed E-state index contributed by atoms with van der Waals surface area (Å²) in [4.78, 5) is 25.6. The number of fused-ring (bicyclic) bond motifs is 1. The minimum absolute atomic E-state index is 0.109. The van der Waals surface area contributed by atoms with Crippen LogP contribution in [0, 0.1) is 5.92 Å². The molecule has 0 N–H and O–H groups in total. The van der Waals surface area contributed by atoms with Gasteiger partial charge in [-0.25, -0.2) is 0 Å². The SMILES string of the molecule is CC(CN1C(=O)c2ccccc2C1=O)OCC1CC1. The van der Waals surface area contributed by atoms with Gasteiger partial charge in [0.25, 0.3) is 11.8 Å². The van der Waals surface area contributed by atoms with Gasteiger partial charge in [-0.2, -0.15) is 0 Å². The van der Waals surface area contributed by atoms with Crippen molar-refractivity contribution < 1.29 is 14.3 Å². The van der Waals surface area contributed by atoms with Crippen LogP contribution in [0.3, 0.4) is 0 Å². The zero-order valence-electron chi connectivity index (χ0n) is 11.0. The van der Waals surface area contributed by atoms with Gasteiger partial charge < -0.3 is 4.74 Å². The van der Waals surface area contributed by atoms with Gasteiger partial charge >= 0.3 is 0 Å². The summed E-state index contributed by atoms with van der Waals surface area (Å²) in [7, 11) is 0. The minimum atomic E-state index is -0.206. The van der Waals surface area contributed by atoms with Crippen molar-refractivity contribution >= 4 is 11.8 Å². The highest BCUT2D eigenvalue weighted by Crippen LogP contribution is 2.29. The summed E-state index contributed by atoms with van der Waals surface area (Å²) in [5, 5.41) is 0. The van der Waals surface area contributed by atoms with Gasteiger partial charge in [-0.05, 0) is 37.8 Å². The highest BCUT2D eigenvalue weighted by Gasteiger charge is 2.36. The summed E-state index contributed by atoms with van der Waals surface area (Å²) in [6.45, 7) is 2.98. The Bertz CT molecular complexity index is 487. The Labute approximate surface area is 112 Å².